The summed E-state index contributed by atoms with van der Waals surface area (Å²) in [7, 11) is 0. The number of carbonyl (C=O) groups is 2. The van der Waals surface area contributed by atoms with Crippen LogP contribution in [0.5, 0.6) is 34.5 Å². The van der Waals surface area contributed by atoms with E-state index < -0.39 is 11.9 Å². The Bertz CT molecular complexity index is 4650. The van der Waals surface area contributed by atoms with Crippen LogP contribution >= 0.6 is 0 Å². The van der Waals surface area contributed by atoms with E-state index in [2.05, 4.69) is 6.58 Å². The second kappa shape index (κ2) is 28.6. The fraction of sp³-hybridized carbons (Fsp3) is 0.0976. The lowest BCUT2D eigenvalue weighted by Gasteiger charge is -2.15. The van der Waals surface area contributed by atoms with E-state index in [1.807, 2.05) is 231 Å². The van der Waals surface area contributed by atoms with Gasteiger partial charge in [-0.2, -0.15) is 0 Å². The fourth-order valence-corrected chi connectivity index (χ4v) is 10.9. The molecule has 0 N–H and O–H groups in total. The van der Waals surface area contributed by atoms with Crippen molar-refractivity contribution in [2.75, 3.05) is 13.2 Å². The molecule has 0 spiro atoms. The number of fused-ring (bicyclic) bond motifs is 4. The molecule has 0 atom stereocenters. The molecule has 2 aromatic heterocycles. The molecule has 14 aromatic rings. The minimum absolute atomic E-state index is 0.0377. The molecule has 472 valence electrons. The van der Waals surface area contributed by atoms with Crippen LogP contribution in [0.25, 0.3) is 66.7 Å². The van der Waals surface area contributed by atoms with Crippen LogP contribution in [0.4, 0.5) is 0 Å². The second-order valence-electron chi connectivity index (χ2n) is 23.0. The maximum atomic E-state index is 13.8. The van der Waals surface area contributed by atoms with Gasteiger partial charge in [-0.15, -0.1) is 0 Å². The van der Waals surface area contributed by atoms with Crippen LogP contribution in [-0.2, 0) is 49.1 Å². The number of aromatic nitrogens is 2. The molecule has 0 amide bonds. The van der Waals surface area contributed by atoms with Gasteiger partial charge in [0.25, 0.3) is 0 Å². The lowest BCUT2D eigenvalue weighted by molar-refractivity contribution is 0.0463. The van der Waals surface area contributed by atoms with Gasteiger partial charge in [0.05, 0.1) is 22.3 Å². The molecule has 96 heavy (non-hydrogen) atoms. The molecule has 0 aliphatic carbocycles. The van der Waals surface area contributed by atoms with Crippen molar-refractivity contribution in [2.24, 2.45) is 0 Å². The first-order valence-electron chi connectivity index (χ1n) is 31.3. The Morgan fingerprint density at radius 2 is 0.688 bits per heavy atom. The molecule has 0 aliphatic heterocycles. The third-order valence-electron chi connectivity index (χ3n) is 15.9. The van der Waals surface area contributed by atoms with Crippen LogP contribution in [0.1, 0.15) is 54.1 Å². The number of rotatable bonds is 26. The van der Waals surface area contributed by atoms with Gasteiger partial charge >= 0.3 is 11.9 Å². The Balaban J connectivity index is 0.644. The van der Waals surface area contributed by atoms with Crippen LogP contribution in [0, 0.1) is 0 Å². The third-order valence-corrected chi connectivity index (χ3v) is 15.9. The molecule has 2 heterocycles. The van der Waals surface area contributed by atoms with E-state index in [9.17, 15) is 9.59 Å². The SMILES string of the molecule is C=C(COc1cc2ccccc2cc1-c1nc2cc(C(=O)OCc3cc(OCc4ccccc4)cc(OCc4ccccc4)c3)ccc2o1)COc1cc2ccccc2cc1-c1nc2ccc(C(=O)OCc3cc(OCc4ccccc4)cc(OCc4ccccc4)c3)cc2o1. The summed E-state index contributed by atoms with van der Waals surface area (Å²) in [5, 5.41) is 3.77. The van der Waals surface area contributed by atoms with Gasteiger partial charge < -0.3 is 46.7 Å². The van der Waals surface area contributed by atoms with Crippen LogP contribution in [-0.4, -0.2) is 35.1 Å². The number of ether oxygens (including phenoxy) is 8. The topological polar surface area (TPSA) is 160 Å². The lowest BCUT2D eigenvalue weighted by Crippen LogP contribution is -2.09. The van der Waals surface area contributed by atoms with E-state index in [-0.39, 0.29) is 32.0 Å². The number of hydrogen-bond acceptors (Lipinski definition) is 14. The monoisotopic (exact) mass is 1270 g/mol. The predicted octanol–water partition coefficient (Wildman–Crippen LogP) is 18.7. The van der Waals surface area contributed by atoms with E-state index in [0.29, 0.717) is 128 Å². The van der Waals surface area contributed by atoms with Crippen molar-refractivity contribution >= 4 is 55.7 Å². The van der Waals surface area contributed by atoms with Crippen molar-refractivity contribution in [2.45, 2.75) is 39.6 Å². The zero-order valence-corrected chi connectivity index (χ0v) is 52.1. The van der Waals surface area contributed by atoms with Gasteiger partial charge in [-0.25, -0.2) is 19.6 Å². The fourth-order valence-electron chi connectivity index (χ4n) is 10.9. The number of hydrogen-bond donors (Lipinski definition) is 0. The van der Waals surface area contributed by atoms with E-state index in [4.69, 9.17) is 56.7 Å². The van der Waals surface area contributed by atoms with Crippen molar-refractivity contribution in [3.63, 3.8) is 0 Å². The summed E-state index contributed by atoms with van der Waals surface area (Å²) < 4.78 is 62.6. The first-order valence-corrected chi connectivity index (χ1v) is 31.3. The quantitative estimate of drug-likeness (QED) is 0.0372. The molecule has 0 bridgehead atoms. The summed E-state index contributed by atoms with van der Waals surface area (Å²) in [5.74, 6) is 2.82. The maximum absolute atomic E-state index is 13.8. The second-order valence-corrected chi connectivity index (χ2v) is 23.0. The molecule has 0 radical (unpaired) electrons. The van der Waals surface area contributed by atoms with Crippen LogP contribution in [0.3, 0.4) is 0 Å². The molecule has 12 aromatic carbocycles. The van der Waals surface area contributed by atoms with Gasteiger partial charge in [-0.1, -0.05) is 176 Å². The van der Waals surface area contributed by atoms with Crippen molar-refractivity contribution in [3.05, 3.63) is 324 Å². The highest BCUT2D eigenvalue weighted by molar-refractivity contribution is 5.96. The van der Waals surface area contributed by atoms with Crippen LogP contribution in [0.15, 0.2) is 288 Å². The van der Waals surface area contributed by atoms with E-state index in [0.717, 1.165) is 43.8 Å². The summed E-state index contributed by atoms with van der Waals surface area (Å²) in [6, 6.07) is 84.3. The number of nitrogens with zero attached hydrogens (tertiary/aromatic N) is 2. The third kappa shape index (κ3) is 15.1. The average Bonchev–Trinajstić information content (AvgIpc) is 1.58. The summed E-state index contributed by atoms with van der Waals surface area (Å²) >= 11 is 0. The molecule has 14 rings (SSSR count). The lowest BCUT2D eigenvalue weighted by atomic mass is 10.1. The molecule has 0 unspecified atom stereocenters. The smallest absolute Gasteiger partial charge is 0.338 e. The van der Waals surface area contributed by atoms with Crippen LogP contribution < -0.4 is 28.4 Å². The molecule has 0 saturated carbocycles. The van der Waals surface area contributed by atoms with Crippen molar-refractivity contribution < 1.29 is 56.3 Å². The van der Waals surface area contributed by atoms with Gasteiger partial charge in [0.2, 0.25) is 11.8 Å². The molecule has 14 heteroatoms. The molecular formula is C82H62N2O12. The van der Waals surface area contributed by atoms with Gasteiger partial charge in [0, 0.05) is 12.1 Å². The Labute approximate surface area is 553 Å². The first-order chi connectivity index (χ1) is 47.2. The molecule has 14 nitrogen and oxygen atoms in total. The summed E-state index contributed by atoms with van der Waals surface area (Å²) in [4.78, 5) is 37.3. The highest BCUT2D eigenvalue weighted by atomic mass is 16.5. The predicted molar refractivity (Wildman–Crippen MR) is 368 cm³/mol. The standard InChI is InChI=1S/C82H62N2O12/c1-54(46-91-76-41-63-28-16-14-26-61(63)38-71(76)79-83-73-32-30-66(43-78(73)96-79)82(86)94-53-60-36-69(89-50-57-22-10-4-11-23-57)45-70(37-60)90-51-58-24-12-5-13-25-58)47-92-77-42-64-29-17-15-27-62(64)39-72(77)80-84-74-40-65(31-33-75(74)95-80)81(85)93-52-59-34-67(87-48-55-18-6-2-7-19-55)44-68(35-59)88-49-56-20-8-3-9-21-56/h2-45H,1,46-53H2. The average molecular weight is 1270 g/mol. The highest BCUT2D eigenvalue weighted by Crippen LogP contribution is 2.39. The maximum Gasteiger partial charge on any atom is 0.338 e. The van der Waals surface area contributed by atoms with E-state index in [1.54, 1.807) is 36.4 Å². The molecule has 0 aliphatic rings. The molecule has 0 saturated heterocycles. The van der Waals surface area contributed by atoms with E-state index in [1.165, 1.54) is 0 Å². The Kier molecular flexibility index (Phi) is 18.2. The number of esters is 2. The zero-order chi connectivity index (χ0) is 65.0. The van der Waals surface area contributed by atoms with Crippen molar-refractivity contribution in [1.82, 2.24) is 9.97 Å². The van der Waals surface area contributed by atoms with Crippen molar-refractivity contribution in [3.8, 4) is 57.4 Å². The summed E-state index contributed by atoms with van der Waals surface area (Å²) in [6.07, 6.45) is 0. The zero-order valence-electron chi connectivity index (χ0n) is 52.1. The van der Waals surface area contributed by atoms with E-state index >= 15 is 0 Å². The van der Waals surface area contributed by atoms with Gasteiger partial charge in [-0.05, 0) is 145 Å². The molecule has 0 fully saturated rings. The highest BCUT2D eigenvalue weighted by Gasteiger charge is 2.21. The van der Waals surface area contributed by atoms with Gasteiger partial charge in [-0.3, -0.25) is 0 Å². The first kappa shape index (κ1) is 61.1. The van der Waals surface area contributed by atoms with Crippen molar-refractivity contribution in [1.29, 1.82) is 0 Å². The minimum Gasteiger partial charge on any atom is -0.489 e. The van der Waals surface area contributed by atoms with Gasteiger partial charge in [0.1, 0.15) is 98.4 Å². The minimum atomic E-state index is -0.549. The largest absolute Gasteiger partial charge is 0.489 e. The molecular weight excluding hydrogens is 1200 g/mol. The Morgan fingerprint density at radius 3 is 1.11 bits per heavy atom. The Morgan fingerprint density at radius 1 is 0.323 bits per heavy atom. The number of oxazole rings is 2. The Hall–Kier alpha value is -12.4. The van der Waals surface area contributed by atoms with Gasteiger partial charge in [0.15, 0.2) is 11.2 Å². The number of carbonyl (C=O) groups excluding carboxylic acids is 2. The number of benzene rings is 12. The summed E-state index contributed by atoms with van der Waals surface area (Å²) in [5.41, 5.74) is 9.68. The normalized spacial score (nSPS) is 11.2. The summed E-state index contributed by atoms with van der Waals surface area (Å²) in [6.45, 7) is 5.85. The van der Waals surface area contributed by atoms with Crippen LogP contribution in [0.2, 0.25) is 0 Å².